The summed E-state index contributed by atoms with van der Waals surface area (Å²) < 4.78 is 5.81. The Morgan fingerprint density at radius 3 is 2.31 bits per heavy atom. The van der Waals surface area contributed by atoms with Gasteiger partial charge >= 0.3 is 0 Å². The van der Waals surface area contributed by atoms with Crippen LogP contribution >= 0.6 is 0 Å². The first-order chi connectivity index (χ1) is 6.34. The number of hydrogen-bond acceptors (Lipinski definition) is 3. The van der Waals surface area contributed by atoms with Crippen LogP contribution in [-0.2, 0) is 4.74 Å². The standard InChI is InChI=1S/C8H16N2O.C2H6/c1-10-3-2-7(6-10)11-8-4-9-5-8;1-2/h7-9H,2-6H2,1H3;1-2H3. The first-order valence-electron chi connectivity index (χ1n) is 5.39. The van der Waals surface area contributed by atoms with E-state index in [1.165, 1.54) is 13.0 Å². The molecule has 2 fully saturated rings. The van der Waals surface area contributed by atoms with Crippen LogP contribution in [0.4, 0.5) is 0 Å². The van der Waals surface area contributed by atoms with Gasteiger partial charge in [-0.15, -0.1) is 0 Å². The molecule has 2 aliphatic heterocycles. The minimum atomic E-state index is 0.506. The number of rotatable bonds is 2. The van der Waals surface area contributed by atoms with Crippen LogP contribution in [0.1, 0.15) is 20.3 Å². The molecule has 0 saturated carbocycles. The summed E-state index contributed by atoms with van der Waals surface area (Å²) in [5, 5.41) is 3.21. The van der Waals surface area contributed by atoms with E-state index in [0.29, 0.717) is 12.2 Å². The molecular formula is C10H22N2O. The molecule has 2 rings (SSSR count). The summed E-state index contributed by atoms with van der Waals surface area (Å²) in [5.41, 5.74) is 0. The van der Waals surface area contributed by atoms with Crippen molar-refractivity contribution in [3.63, 3.8) is 0 Å². The Morgan fingerprint density at radius 1 is 1.23 bits per heavy atom. The summed E-state index contributed by atoms with van der Waals surface area (Å²) in [4.78, 5) is 2.33. The molecule has 1 N–H and O–H groups in total. The fourth-order valence-electron chi connectivity index (χ4n) is 1.64. The van der Waals surface area contributed by atoms with Crippen LogP contribution in [0.2, 0.25) is 0 Å². The maximum absolute atomic E-state index is 5.81. The molecule has 0 aromatic rings. The number of nitrogens with one attached hydrogen (secondary N) is 1. The van der Waals surface area contributed by atoms with Crippen LogP contribution in [0.25, 0.3) is 0 Å². The predicted octanol–water partition coefficient (Wildman–Crippen LogP) is 0.705. The van der Waals surface area contributed by atoms with Crippen molar-refractivity contribution in [2.75, 3.05) is 33.2 Å². The van der Waals surface area contributed by atoms with Crippen molar-refractivity contribution in [3.05, 3.63) is 0 Å². The van der Waals surface area contributed by atoms with Crippen LogP contribution in [-0.4, -0.2) is 50.3 Å². The Hall–Kier alpha value is -0.120. The van der Waals surface area contributed by atoms with E-state index in [-0.39, 0.29) is 0 Å². The van der Waals surface area contributed by atoms with Gasteiger partial charge < -0.3 is 15.0 Å². The van der Waals surface area contributed by atoms with E-state index in [4.69, 9.17) is 4.74 Å². The average Bonchev–Trinajstić information content (AvgIpc) is 2.48. The molecule has 0 spiro atoms. The van der Waals surface area contributed by atoms with Crippen molar-refractivity contribution >= 4 is 0 Å². The Bertz CT molecular complexity index is 137. The van der Waals surface area contributed by atoms with Crippen molar-refractivity contribution in [2.24, 2.45) is 0 Å². The second-order valence-corrected chi connectivity index (χ2v) is 3.59. The van der Waals surface area contributed by atoms with Crippen molar-refractivity contribution < 1.29 is 4.74 Å². The quantitative estimate of drug-likeness (QED) is 0.687. The van der Waals surface area contributed by atoms with Gasteiger partial charge in [-0.25, -0.2) is 0 Å². The van der Waals surface area contributed by atoms with Gasteiger partial charge in [0.25, 0.3) is 0 Å². The lowest BCUT2D eigenvalue weighted by molar-refractivity contribution is -0.0310. The molecule has 0 radical (unpaired) electrons. The third kappa shape index (κ3) is 3.25. The van der Waals surface area contributed by atoms with Crippen molar-refractivity contribution in [2.45, 2.75) is 32.5 Å². The highest BCUT2D eigenvalue weighted by molar-refractivity contribution is 4.80. The average molecular weight is 186 g/mol. The summed E-state index contributed by atoms with van der Waals surface area (Å²) in [7, 11) is 2.16. The smallest absolute Gasteiger partial charge is 0.0828 e. The zero-order chi connectivity index (χ0) is 9.68. The Morgan fingerprint density at radius 2 is 1.92 bits per heavy atom. The number of ether oxygens (including phenoxy) is 1. The van der Waals surface area contributed by atoms with Gasteiger partial charge in [-0.3, -0.25) is 0 Å². The fourth-order valence-corrected chi connectivity index (χ4v) is 1.64. The SMILES string of the molecule is CC.CN1CCC(OC2CNC2)C1. The highest BCUT2D eigenvalue weighted by Crippen LogP contribution is 2.13. The lowest BCUT2D eigenvalue weighted by atomic mass is 10.2. The minimum absolute atomic E-state index is 0.506. The van der Waals surface area contributed by atoms with Crippen molar-refractivity contribution in [1.82, 2.24) is 10.2 Å². The molecule has 0 bridgehead atoms. The molecule has 2 aliphatic rings. The van der Waals surface area contributed by atoms with Crippen molar-refractivity contribution in [1.29, 1.82) is 0 Å². The highest BCUT2D eigenvalue weighted by atomic mass is 16.5. The van der Waals surface area contributed by atoms with Gasteiger partial charge in [0.05, 0.1) is 12.2 Å². The van der Waals surface area contributed by atoms with Crippen LogP contribution in [0.15, 0.2) is 0 Å². The predicted molar refractivity (Wildman–Crippen MR) is 55.0 cm³/mol. The number of hydrogen-bond donors (Lipinski definition) is 1. The van der Waals surface area contributed by atoms with E-state index < -0.39 is 0 Å². The van der Waals surface area contributed by atoms with Gasteiger partial charge in [0.2, 0.25) is 0 Å². The molecular weight excluding hydrogens is 164 g/mol. The Kier molecular flexibility index (Phi) is 4.70. The topological polar surface area (TPSA) is 24.5 Å². The van der Waals surface area contributed by atoms with Crippen LogP contribution < -0.4 is 5.32 Å². The lowest BCUT2D eigenvalue weighted by Crippen LogP contribution is -2.50. The molecule has 2 heterocycles. The van der Waals surface area contributed by atoms with Gasteiger partial charge in [-0.05, 0) is 13.5 Å². The molecule has 13 heavy (non-hydrogen) atoms. The van der Waals surface area contributed by atoms with Crippen LogP contribution in [0.3, 0.4) is 0 Å². The normalized spacial score (nSPS) is 29.3. The van der Waals surface area contributed by atoms with E-state index in [9.17, 15) is 0 Å². The second-order valence-electron chi connectivity index (χ2n) is 3.59. The van der Waals surface area contributed by atoms with E-state index in [1.807, 2.05) is 13.8 Å². The first kappa shape index (κ1) is 11.0. The summed E-state index contributed by atoms with van der Waals surface area (Å²) in [6.07, 6.45) is 2.23. The summed E-state index contributed by atoms with van der Waals surface area (Å²) >= 11 is 0. The van der Waals surface area contributed by atoms with E-state index in [1.54, 1.807) is 0 Å². The van der Waals surface area contributed by atoms with E-state index in [0.717, 1.165) is 19.6 Å². The first-order valence-corrected chi connectivity index (χ1v) is 5.39. The summed E-state index contributed by atoms with van der Waals surface area (Å²) in [5.74, 6) is 0. The molecule has 1 unspecified atom stereocenters. The van der Waals surface area contributed by atoms with Crippen LogP contribution in [0, 0.1) is 0 Å². The van der Waals surface area contributed by atoms with Gasteiger partial charge in [-0.1, -0.05) is 13.8 Å². The zero-order valence-corrected chi connectivity index (χ0v) is 9.05. The largest absolute Gasteiger partial charge is 0.371 e. The van der Waals surface area contributed by atoms with E-state index in [2.05, 4.69) is 17.3 Å². The summed E-state index contributed by atoms with van der Waals surface area (Å²) in [6, 6.07) is 0. The maximum Gasteiger partial charge on any atom is 0.0828 e. The van der Waals surface area contributed by atoms with Gasteiger partial charge in [0.15, 0.2) is 0 Å². The molecule has 0 aromatic carbocycles. The molecule has 1 atom stereocenters. The second kappa shape index (κ2) is 5.58. The number of nitrogens with zero attached hydrogens (tertiary/aromatic N) is 1. The molecule has 3 heteroatoms. The molecule has 78 valence electrons. The van der Waals surface area contributed by atoms with Gasteiger partial charge in [0.1, 0.15) is 0 Å². The monoisotopic (exact) mass is 186 g/mol. The third-order valence-corrected chi connectivity index (χ3v) is 2.48. The molecule has 3 nitrogen and oxygen atoms in total. The van der Waals surface area contributed by atoms with Gasteiger partial charge in [-0.2, -0.15) is 0 Å². The number of likely N-dealkylation sites (tertiary alicyclic amines) is 1. The molecule has 0 aliphatic carbocycles. The summed E-state index contributed by atoms with van der Waals surface area (Å²) in [6.45, 7) is 8.43. The van der Waals surface area contributed by atoms with Gasteiger partial charge in [0, 0.05) is 26.2 Å². The van der Waals surface area contributed by atoms with Crippen molar-refractivity contribution in [3.8, 4) is 0 Å². The minimum Gasteiger partial charge on any atom is -0.371 e. The lowest BCUT2D eigenvalue weighted by Gasteiger charge is -2.29. The molecule has 0 aromatic heterocycles. The van der Waals surface area contributed by atoms with E-state index >= 15 is 0 Å². The number of likely N-dealkylation sites (N-methyl/N-ethyl adjacent to an activating group) is 1. The maximum atomic E-state index is 5.81. The molecule has 0 amide bonds. The van der Waals surface area contributed by atoms with Crippen LogP contribution in [0.5, 0.6) is 0 Å². The zero-order valence-electron chi connectivity index (χ0n) is 9.05. The fraction of sp³-hybridized carbons (Fsp3) is 1.00. The Balaban J connectivity index is 0.000000396. The highest BCUT2D eigenvalue weighted by Gasteiger charge is 2.26. The Labute approximate surface area is 81.4 Å². The third-order valence-electron chi connectivity index (χ3n) is 2.48. The molecule has 2 saturated heterocycles.